The first kappa shape index (κ1) is 16.7. The summed E-state index contributed by atoms with van der Waals surface area (Å²) in [4.78, 5) is 4.64. The number of aliphatic hydroxyl groups is 1. The molecule has 2 heterocycles. The molecule has 1 aromatic carbocycles. The third-order valence-electron chi connectivity index (χ3n) is 3.68. The summed E-state index contributed by atoms with van der Waals surface area (Å²) < 4.78 is 1.80. The van der Waals surface area contributed by atoms with Gasteiger partial charge in [0.15, 0.2) is 0 Å². The lowest BCUT2D eigenvalue weighted by molar-refractivity contribution is 0.270. The number of thiazole rings is 1. The summed E-state index contributed by atoms with van der Waals surface area (Å²) in [6.07, 6.45) is 0. The number of benzene rings is 1. The van der Waals surface area contributed by atoms with Crippen LogP contribution in [0.4, 0.5) is 5.82 Å². The van der Waals surface area contributed by atoms with Crippen molar-refractivity contribution in [2.75, 3.05) is 11.9 Å². The fraction of sp³-hybridized carbons (Fsp3) is 0.333. The van der Waals surface area contributed by atoms with Crippen molar-refractivity contribution >= 4 is 17.2 Å². The summed E-state index contributed by atoms with van der Waals surface area (Å²) in [5.74, 6) is 1.34. The number of rotatable bonds is 7. The van der Waals surface area contributed by atoms with Crippen LogP contribution in [0.15, 0.2) is 41.8 Å². The van der Waals surface area contributed by atoms with Gasteiger partial charge in [-0.3, -0.25) is 0 Å². The van der Waals surface area contributed by atoms with E-state index in [9.17, 15) is 5.11 Å². The zero-order chi connectivity index (χ0) is 16.9. The molecule has 2 N–H and O–H groups in total. The van der Waals surface area contributed by atoms with Crippen molar-refractivity contribution in [2.45, 2.75) is 32.9 Å². The van der Waals surface area contributed by atoms with E-state index in [4.69, 9.17) is 0 Å². The fourth-order valence-corrected chi connectivity index (χ4v) is 3.26. The lowest BCUT2D eigenvalue weighted by Crippen LogP contribution is -2.10. The van der Waals surface area contributed by atoms with Crippen molar-refractivity contribution in [3.63, 3.8) is 0 Å². The molecular weight excluding hydrogens is 320 g/mol. The van der Waals surface area contributed by atoms with Crippen LogP contribution in [0.1, 0.15) is 30.5 Å². The van der Waals surface area contributed by atoms with E-state index < -0.39 is 0 Å². The van der Waals surface area contributed by atoms with Gasteiger partial charge in [-0.05, 0) is 0 Å². The van der Waals surface area contributed by atoms with Crippen LogP contribution < -0.4 is 5.32 Å². The smallest absolute Gasteiger partial charge is 0.125 e. The van der Waals surface area contributed by atoms with Crippen LogP contribution in [0.25, 0.3) is 11.3 Å². The number of aromatic nitrogens is 3. The van der Waals surface area contributed by atoms with E-state index in [0.29, 0.717) is 19.0 Å². The minimum Gasteiger partial charge on any atom is -0.394 e. The first-order valence-electron chi connectivity index (χ1n) is 8.09. The van der Waals surface area contributed by atoms with Crippen LogP contribution in [-0.4, -0.2) is 26.5 Å². The van der Waals surface area contributed by atoms with Gasteiger partial charge < -0.3 is 10.4 Å². The Balaban J connectivity index is 1.77. The predicted octanol–water partition coefficient (Wildman–Crippen LogP) is 3.73. The monoisotopic (exact) mass is 342 g/mol. The molecule has 0 aliphatic carbocycles. The van der Waals surface area contributed by atoms with Crippen molar-refractivity contribution in [3.05, 3.63) is 52.5 Å². The Hall–Kier alpha value is -2.18. The third kappa shape index (κ3) is 3.83. The first-order chi connectivity index (χ1) is 11.7. The van der Waals surface area contributed by atoms with E-state index >= 15 is 0 Å². The molecule has 0 aliphatic heterocycles. The molecule has 6 heteroatoms. The van der Waals surface area contributed by atoms with Gasteiger partial charge in [-0.25, -0.2) is 9.67 Å². The standard InChI is InChI=1S/C18H22N4OS/c1-13(2)18-20-15(12-24-18)11-19-17-10-16(21-22(17)8-9-23)14-6-4-3-5-7-14/h3-7,10,12-13,19,23H,8-9,11H2,1-2H3. The van der Waals surface area contributed by atoms with Gasteiger partial charge in [0.25, 0.3) is 0 Å². The lowest BCUT2D eigenvalue weighted by Gasteiger charge is -2.07. The summed E-state index contributed by atoms with van der Waals surface area (Å²) in [7, 11) is 0. The van der Waals surface area contributed by atoms with Gasteiger partial charge in [-0.15, -0.1) is 11.3 Å². The lowest BCUT2D eigenvalue weighted by atomic mass is 10.2. The first-order valence-corrected chi connectivity index (χ1v) is 8.97. The van der Waals surface area contributed by atoms with E-state index in [1.54, 1.807) is 16.0 Å². The zero-order valence-corrected chi connectivity index (χ0v) is 14.8. The molecule has 0 spiro atoms. The Labute approximate surface area is 146 Å². The number of hydrogen-bond acceptors (Lipinski definition) is 5. The Kier molecular flexibility index (Phi) is 5.27. The van der Waals surface area contributed by atoms with Crippen LogP contribution in [0, 0.1) is 0 Å². The summed E-state index contributed by atoms with van der Waals surface area (Å²) in [5.41, 5.74) is 2.99. The van der Waals surface area contributed by atoms with Crippen molar-refractivity contribution in [1.82, 2.24) is 14.8 Å². The molecular formula is C18H22N4OS. The van der Waals surface area contributed by atoms with E-state index in [1.807, 2.05) is 36.4 Å². The molecule has 5 nitrogen and oxygen atoms in total. The highest BCUT2D eigenvalue weighted by Crippen LogP contribution is 2.23. The largest absolute Gasteiger partial charge is 0.394 e. The van der Waals surface area contributed by atoms with Gasteiger partial charge >= 0.3 is 0 Å². The number of aliphatic hydroxyl groups excluding tert-OH is 1. The maximum Gasteiger partial charge on any atom is 0.125 e. The van der Waals surface area contributed by atoms with Crippen LogP contribution >= 0.6 is 11.3 Å². The van der Waals surface area contributed by atoms with Gasteiger partial charge in [-0.1, -0.05) is 44.2 Å². The van der Waals surface area contributed by atoms with E-state index in [-0.39, 0.29) is 6.61 Å². The van der Waals surface area contributed by atoms with E-state index in [2.05, 4.69) is 34.6 Å². The molecule has 0 amide bonds. The quantitative estimate of drug-likeness (QED) is 0.687. The summed E-state index contributed by atoms with van der Waals surface area (Å²) in [6.45, 7) is 5.47. The van der Waals surface area contributed by atoms with Crippen molar-refractivity contribution in [3.8, 4) is 11.3 Å². The molecule has 0 radical (unpaired) electrons. The number of nitrogens with zero attached hydrogens (tertiary/aromatic N) is 3. The van der Waals surface area contributed by atoms with E-state index in [0.717, 1.165) is 27.8 Å². The highest BCUT2D eigenvalue weighted by molar-refractivity contribution is 7.09. The summed E-state index contributed by atoms with van der Waals surface area (Å²) >= 11 is 1.70. The topological polar surface area (TPSA) is 63.0 Å². The number of nitrogens with one attached hydrogen (secondary N) is 1. The van der Waals surface area contributed by atoms with Crippen LogP contribution in [0.3, 0.4) is 0 Å². The van der Waals surface area contributed by atoms with Crippen LogP contribution in [0.5, 0.6) is 0 Å². The molecule has 0 saturated carbocycles. The Bertz CT molecular complexity index is 779. The molecule has 0 aliphatic rings. The molecule has 0 unspecified atom stereocenters. The minimum atomic E-state index is 0.0544. The Morgan fingerprint density at radius 1 is 1.25 bits per heavy atom. The third-order valence-corrected chi connectivity index (χ3v) is 4.87. The second-order valence-corrected chi connectivity index (χ2v) is 6.80. The SMILES string of the molecule is CC(C)c1nc(CNc2cc(-c3ccccc3)nn2CCO)cs1. The highest BCUT2D eigenvalue weighted by atomic mass is 32.1. The molecule has 0 fully saturated rings. The fourth-order valence-electron chi connectivity index (χ4n) is 2.42. The van der Waals surface area contributed by atoms with Crippen molar-refractivity contribution < 1.29 is 5.11 Å². The van der Waals surface area contributed by atoms with Gasteiger partial charge in [0.05, 0.1) is 36.1 Å². The average Bonchev–Trinajstić information content (AvgIpc) is 3.21. The highest BCUT2D eigenvalue weighted by Gasteiger charge is 2.10. The Morgan fingerprint density at radius 3 is 2.71 bits per heavy atom. The zero-order valence-electron chi connectivity index (χ0n) is 13.9. The summed E-state index contributed by atoms with van der Waals surface area (Å²) in [5, 5.41) is 20.5. The molecule has 126 valence electrons. The predicted molar refractivity (Wildman–Crippen MR) is 98.3 cm³/mol. The maximum atomic E-state index is 9.27. The van der Waals surface area contributed by atoms with Crippen molar-refractivity contribution in [2.24, 2.45) is 0 Å². The molecule has 2 aromatic heterocycles. The normalized spacial score (nSPS) is 11.2. The minimum absolute atomic E-state index is 0.0544. The summed E-state index contributed by atoms with van der Waals surface area (Å²) in [6, 6.07) is 12.1. The number of hydrogen-bond donors (Lipinski definition) is 2. The second kappa shape index (κ2) is 7.59. The van der Waals surface area contributed by atoms with Gasteiger partial charge in [-0.2, -0.15) is 5.10 Å². The second-order valence-electron chi connectivity index (χ2n) is 5.91. The molecule has 0 saturated heterocycles. The van der Waals surface area contributed by atoms with Gasteiger partial charge in [0.1, 0.15) is 5.82 Å². The average molecular weight is 342 g/mol. The van der Waals surface area contributed by atoms with E-state index in [1.165, 1.54) is 0 Å². The van der Waals surface area contributed by atoms with Crippen LogP contribution in [-0.2, 0) is 13.1 Å². The molecule has 0 atom stereocenters. The Morgan fingerprint density at radius 2 is 2.04 bits per heavy atom. The molecule has 3 rings (SSSR count). The van der Waals surface area contributed by atoms with Crippen LogP contribution in [0.2, 0.25) is 0 Å². The van der Waals surface area contributed by atoms with Gasteiger partial charge in [0.2, 0.25) is 0 Å². The number of anilines is 1. The van der Waals surface area contributed by atoms with Gasteiger partial charge in [0, 0.05) is 22.9 Å². The van der Waals surface area contributed by atoms with Crippen molar-refractivity contribution in [1.29, 1.82) is 0 Å². The maximum absolute atomic E-state index is 9.27. The molecule has 24 heavy (non-hydrogen) atoms. The molecule has 3 aromatic rings. The molecule has 0 bridgehead atoms.